The standard InChI is InChI=1S/C16H24F2N2O3/c1-4-6-7-23-14-11(3)13(15(21)22-5-2)20(19-14)10-12-8-16(17,18)9-12/h12H,4-10H2,1-3H3. The van der Waals surface area contributed by atoms with Crippen molar-refractivity contribution in [1.82, 2.24) is 9.78 Å². The largest absolute Gasteiger partial charge is 0.476 e. The van der Waals surface area contributed by atoms with Gasteiger partial charge in [0.25, 0.3) is 0 Å². The van der Waals surface area contributed by atoms with Gasteiger partial charge in [-0.15, -0.1) is 5.10 Å². The Balaban J connectivity index is 2.16. The van der Waals surface area contributed by atoms with Gasteiger partial charge < -0.3 is 9.47 Å². The molecule has 0 unspecified atom stereocenters. The summed E-state index contributed by atoms with van der Waals surface area (Å²) in [6, 6.07) is 0. The summed E-state index contributed by atoms with van der Waals surface area (Å²) in [4.78, 5) is 12.2. The number of alkyl halides is 2. The summed E-state index contributed by atoms with van der Waals surface area (Å²) in [6.45, 7) is 6.55. The number of aromatic nitrogens is 2. The van der Waals surface area contributed by atoms with Crippen molar-refractivity contribution >= 4 is 5.97 Å². The van der Waals surface area contributed by atoms with Crippen LogP contribution < -0.4 is 4.74 Å². The van der Waals surface area contributed by atoms with Crippen LogP contribution in [0.3, 0.4) is 0 Å². The first-order chi connectivity index (χ1) is 10.9. The predicted molar refractivity (Wildman–Crippen MR) is 81.0 cm³/mol. The molecule has 0 amide bonds. The van der Waals surface area contributed by atoms with E-state index in [1.807, 2.05) is 0 Å². The lowest BCUT2D eigenvalue weighted by Gasteiger charge is -2.34. The van der Waals surface area contributed by atoms with Gasteiger partial charge in [0, 0.05) is 24.9 Å². The van der Waals surface area contributed by atoms with Crippen LogP contribution in [0.25, 0.3) is 0 Å². The highest BCUT2D eigenvalue weighted by atomic mass is 19.3. The van der Waals surface area contributed by atoms with E-state index in [-0.39, 0.29) is 31.9 Å². The molecule has 0 bridgehead atoms. The SMILES string of the molecule is CCCCOc1nn(CC2CC(F)(F)C2)c(C(=O)OCC)c1C. The van der Waals surface area contributed by atoms with E-state index >= 15 is 0 Å². The zero-order valence-electron chi connectivity index (χ0n) is 13.9. The summed E-state index contributed by atoms with van der Waals surface area (Å²) in [5.74, 6) is -2.88. The normalized spacial score (nSPS) is 16.9. The third kappa shape index (κ3) is 4.20. The van der Waals surface area contributed by atoms with Gasteiger partial charge >= 0.3 is 5.97 Å². The maximum absolute atomic E-state index is 13.0. The fourth-order valence-electron chi connectivity index (χ4n) is 2.73. The monoisotopic (exact) mass is 330 g/mol. The van der Waals surface area contributed by atoms with Gasteiger partial charge in [0.05, 0.1) is 13.2 Å². The predicted octanol–water partition coefficient (Wildman–Crippen LogP) is 3.59. The lowest BCUT2D eigenvalue weighted by Crippen LogP contribution is -2.38. The van der Waals surface area contributed by atoms with Crippen LogP contribution in [0, 0.1) is 12.8 Å². The molecule has 1 aliphatic carbocycles. The molecule has 1 aromatic heterocycles. The van der Waals surface area contributed by atoms with Crippen molar-refractivity contribution in [2.45, 2.75) is 58.9 Å². The van der Waals surface area contributed by atoms with Crippen LogP contribution in [0.15, 0.2) is 0 Å². The first-order valence-electron chi connectivity index (χ1n) is 8.13. The van der Waals surface area contributed by atoms with Crippen molar-refractivity contribution in [2.24, 2.45) is 5.92 Å². The molecule has 5 nitrogen and oxygen atoms in total. The molecule has 0 aliphatic heterocycles. The first kappa shape index (κ1) is 17.7. The molecular weight excluding hydrogens is 306 g/mol. The second kappa shape index (κ2) is 7.27. The minimum absolute atomic E-state index is 0.166. The van der Waals surface area contributed by atoms with E-state index in [4.69, 9.17) is 9.47 Å². The van der Waals surface area contributed by atoms with Gasteiger partial charge in [0.2, 0.25) is 11.8 Å². The van der Waals surface area contributed by atoms with Crippen molar-refractivity contribution < 1.29 is 23.0 Å². The van der Waals surface area contributed by atoms with Crippen molar-refractivity contribution in [3.8, 4) is 5.88 Å². The highest BCUT2D eigenvalue weighted by molar-refractivity contribution is 5.89. The number of hydrogen-bond donors (Lipinski definition) is 0. The van der Waals surface area contributed by atoms with Crippen LogP contribution in [0.4, 0.5) is 8.78 Å². The zero-order chi connectivity index (χ0) is 17.0. The van der Waals surface area contributed by atoms with Crippen LogP contribution in [0.1, 0.15) is 55.6 Å². The molecule has 0 saturated heterocycles. The van der Waals surface area contributed by atoms with Gasteiger partial charge in [0.15, 0.2) is 5.69 Å². The third-order valence-electron chi connectivity index (χ3n) is 3.96. The Morgan fingerprint density at radius 2 is 2.09 bits per heavy atom. The molecule has 1 aromatic rings. The Morgan fingerprint density at radius 1 is 1.39 bits per heavy atom. The smallest absolute Gasteiger partial charge is 0.357 e. The summed E-state index contributed by atoms with van der Waals surface area (Å²) >= 11 is 0. The first-order valence-corrected chi connectivity index (χ1v) is 8.13. The molecule has 2 rings (SSSR count). The minimum Gasteiger partial charge on any atom is -0.476 e. The number of unbranched alkanes of at least 4 members (excludes halogenated alkanes) is 1. The number of carbonyl (C=O) groups is 1. The lowest BCUT2D eigenvalue weighted by atomic mass is 9.81. The number of hydrogen-bond acceptors (Lipinski definition) is 4. The molecule has 23 heavy (non-hydrogen) atoms. The molecule has 130 valence electrons. The van der Waals surface area contributed by atoms with Crippen LogP contribution in [0.2, 0.25) is 0 Å². The van der Waals surface area contributed by atoms with Crippen LogP contribution in [-0.2, 0) is 11.3 Å². The molecule has 0 spiro atoms. The Labute approximate surface area is 134 Å². The fourth-order valence-corrected chi connectivity index (χ4v) is 2.73. The van der Waals surface area contributed by atoms with Gasteiger partial charge in [-0.3, -0.25) is 4.68 Å². The van der Waals surface area contributed by atoms with Gasteiger partial charge in [-0.05, 0) is 26.2 Å². The molecule has 0 N–H and O–H groups in total. The number of nitrogens with zero attached hydrogens (tertiary/aromatic N) is 2. The summed E-state index contributed by atoms with van der Waals surface area (Å²) in [5, 5.41) is 4.30. The summed E-state index contributed by atoms with van der Waals surface area (Å²) < 4.78 is 38.2. The zero-order valence-corrected chi connectivity index (χ0v) is 13.9. The Kier molecular flexibility index (Phi) is 5.59. The number of halogens is 2. The molecule has 0 aromatic carbocycles. The highest BCUT2D eigenvalue weighted by Crippen LogP contribution is 2.43. The lowest BCUT2D eigenvalue weighted by molar-refractivity contribution is -0.114. The van der Waals surface area contributed by atoms with Gasteiger partial charge in [-0.1, -0.05) is 13.3 Å². The summed E-state index contributed by atoms with van der Waals surface area (Å²) in [6.07, 6.45) is 1.54. The van der Waals surface area contributed by atoms with E-state index in [9.17, 15) is 13.6 Å². The number of rotatable bonds is 8. The Hall–Kier alpha value is -1.66. The minimum atomic E-state index is -2.59. The van der Waals surface area contributed by atoms with Crippen LogP contribution >= 0.6 is 0 Å². The van der Waals surface area contributed by atoms with Gasteiger partial charge in [-0.2, -0.15) is 0 Å². The van der Waals surface area contributed by atoms with Crippen molar-refractivity contribution in [3.63, 3.8) is 0 Å². The Morgan fingerprint density at radius 3 is 2.65 bits per heavy atom. The molecule has 0 atom stereocenters. The van der Waals surface area contributed by atoms with E-state index < -0.39 is 11.9 Å². The number of esters is 1. The second-order valence-corrected chi connectivity index (χ2v) is 6.01. The quantitative estimate of drug-likeness (QED) is 0.540. The third-order valence-corrected chi connectivity index (χ3v) is 3.96. The molecule has 1 aliphatic rings. The van der Waals surface area contributed by atoms with E-state index in [2.05, 4.69) is 12.0 Å². The second-order valence-electron chi connectivity index (χ2n) is 6.01. The van der Waals surface area contributed by atoms with E-state index in [0.717, 1.165) is 12.8 Å². The van der Waals surface area contributed by atoms with E-state index in [0.29, 0.717) is 23.7 Å². The molecule has 7 heteroatoms. The number of ether oxygens (including phenoxy) is 2. The highest BCUT2D eigenvalue weighted by Gasteiger charge is 2.45. The van der Waals surface area contributed by atoms with Crippen molar-refractivity contribution in [3.05, 3.63) is 11.3 Å². The molecule has 1 saturated carbocycles. The summed E-state index contributed by atoms with van der Waals surface area (Å²) in [5.41, 5.74) is 0.902. The van der Waals surface area contributed by atoms with Gasteiger partial charge in [-0.25, -0.2) is 13.6 Å². The summed E-state index contributed by atoms with van der Waals surface area (Å²) in [7, 11) is 0. The Bertz CT molecular complexity index is 550. The average Bonchev–Trinajstić information content (AvgIpc) is 2.74. The van der Waals surface area contributed by atoms with E-state index in [1.54, 1.807) is 13.8 Å². The van der Waals surface area contributed by atoms with E-state index in [1.165, 1.54) is 4.68 Å². The topological polar surface area (TPSA) is 53.4 Å². The van der Waals surface area contributed by atoms with Crippen LogP contribution in [0.5, 0.6) is 5.88 Å². The molecule has 0 radical (unpaired) electrons. The molecule has 1 fully saturated rings. The van der Waals surface area contributed by atoms with Crippen molar-refractivity contribution in [2.75, 3.05) is 13.2 Å². The molecule has 1 heterocycles. The number of carbonyl (C=O) groups excluding carboxylic acids is 1. The fraction of sp³-hybridized carbons (Fsp3) is 0.750. The van der Waals surface area contributed by atoms with Crippen molar-refractivity contribution in [1.29, 1.82) is 0 Å². The average molecular weight is 330 g/mol. The maximum atomic E-state index is 13.0. The molecular formula is C16H24F2N2O3. The van der Waals surface area contributed by atoms with Crippen LogP contribution in [-0.4, -0.2) is 34.9 Å². The van der Waals surface area contributed by atoms with Gasteiger partial charge in [0.1, 0.15) is 0 Å². The maximum Gasteiger partial charge on any atom is 0.357 e.